The van der Waals surface area contributed by atoms with Crippen LogP contribution in [-0.2, 0) is 10.1 Å². The van der Waals surface area contributed by atoms with Gasteiger partial charge in [0.1, 0.15) is 29.1 Å². The number of rotatable bonds is 4. The minimum atomic E-state index is -4.25. The molecule has 0 fully saturated rings. The first-order chi connectivity index (χ1) is 10.6. The van der Waals surface area contributed by atoms with Crippen LogP contribution in [0.3, 0.4) is 0 Å². The maximum atomic E-state index is 13.6. The van der Waals surface area contributed by atoms with Gasteiger partial charge in [-0.2, -0.15) is 13.5 Å². The van der Waals surface area contributed by atoms with Crippen LogP contribution in [0.5, 0.6) is 5.75 Å². The maximum Gasteiger partial charge on any atom is 0.342 e. The first-order valence-corrected chi connectivity index (χ1v) is 7.61. The van der Waals surface area contributed by atoms with E-state index in [2.05, 4.69) is 10.1 Å². The summed E-state index contributed by atoms with van der Waals surface area (Å²) in [6.07, 6.45) is 2.81. The van der Waals surface area contributed by atoms with Crippen molar-refractivity contribution in [1.82, 2.24) is 14.8 Å². The summed E-state index contributed by atoms with van der Waals surface area (Å²) in [5, 5.41) is 3.94. The largest absolute Gasteiger partial charge is 0.379 e. The highest BCUT2D eigenvalue weighted by Crippen LogP contribution is 2.22. The lowest BCUT2D eigenvalue weighted by atomic mass is 10.3. The number of halogens is 1. The molecule has 22 heavy (non-hydrogen) atoms. The zero-order chi connectivity index (χ0) is 15.6. The molecule has 0 spiro atoms. The molecule has 0 N–H and O–H groups in total. The van der Waals surface area contributed by atoms with Gasteiger partial charge in [0.25, 0.3) is 0 Å². The summed E-state index contributed by atoms with van der Waals surface area (Å²) in [4.78, 5) is 3.29. The molecule has 0 atom stereocenters. The second kappa shape index (κ2) is 5.57. The van der Waals surface area contributed by atoms with Crippen molar-refractivity contribution in [2.24, 2.45) is 0 Å². The lowest BCUT2D eigenvalue weighted by Gasteiger charge is -2.09. The Hall–Kier alpha value is -2.74. The van der Waals surface area contributed by atoms with E-state index < -0.39 is 20.8 Å². The molecular formula is C14H10FN3O3S. The minimum Gasteiger partial charge on any atom is -0.379 e. The third kappa shape index (κ3) is 2.82. The summed E-state index contributed by atoms with van der Waals surface area (Å²) in [5.41, 5.74) is 0.568. The molecule has 0 radical (unpaired) electrons. The van der Waals surface area contributed by atoms with Crippen LogP contribution in [0, 0.1) is 5.82 Å². The molecule has 6 nitrogen and oxygen atoms in total. The van der Waals surface area contributed by atoms with Crippen molar-refractivity contribution in [1.29, 1.82) is 0 Å². The van der Waals surface area contributed by atoms with Crippen LogP contribution in [0.4, 0.5) is 4.39 Å². The number of hydrogen-bond donors (Lipinski definition) is 0. The van der Waals surface area contributed by atoms with Crippen LogP contribution in [0.25, 0.3) is 5.69 Å². The van der Waals surface area contributed by atoms with E-state index >= 15 is 0 Å². The standard InChI is InChI=1S/C14H10FN3O3S/c15-13-6-1-2-7-14(13)22(19,20)21-12-5-3-4-11(8-12)18-10-16-9-17-18/h1-10H. The average Bonchev–Trinajstić information content (AvgIpc) is 3.01. The molecule has 0 amide bonds. The lowest BCUT2D eigenvalue weighted by Crippen LogP contribution is -2.11. The summed E-state index contributed by atoms with van der Waals surface area (Å²) < 4.78 is 44.3. The molecule has 0 saturated carbocycles. The first kappa shape index (κ1) is 14.2. The molecule has 0 aliphatic rings. The Labute approximate surface area is 125 Å². The predicted molar refractivity (Wildman–Crippen MR) is 75.6 cm³/mol. The summed E-state index contributed by atoms with van der Waals surface area (Å²) >= 11 is 0. The Balaban J connectivity index is 1.93. The van der Waals surface area contributed by atoms with E-state index in [9.17, 15) is 12.8 Å². The van der Waals surface area contributed by atoms with E-state index in [0.717, 1.165) is 12.1 Å². The van der Waals surface area contributed by atoms with Crippen LogP contribution < -0.4 is 4.18 Å². The predicted octanol–water partition coefficient (Wildman–Crippen LogP) is 2.17. The van der Waals surface area contributed by atoms with E-state index in [0.29, 0.717) is 5.69 Å². The molecule has 112 valence electrons. The second-order valence-corrected chi connectivity index (χ2v) is 5.82. The van der Waals surface area contributed by atoms with Gasteiger partial charge in [-0.3, -0.25) is 0 Å². The van der Waals surface area contributed by atoms with Crippen LogP contribution in [0.2, 0.25) is 0 Å². The van der Waals surface area contributed by atoms with Crippen molar-refractivity contribution < 1.29 is 17.0 Å². The Bertz CT molecular complexity index is 895. The molecule has 0 unspecified atom stereocenters. The zero-order valence-corrected chi connectivity index (χ0v) is 11.9. The summed E-state index contributed by atoms with van der Waals surface area (Å²) in [5.74, 6) is -0.814. The molecule has 0 saturated heterocycles. The van der Waals surface area contributed by atoms with Gasteiger partial charge >= 0.3 is 10.1 Å². The minimum absolute atomic E-state index is 0.0521. The fourth-order valence-electron chi connectivity index (χ4n) is 1.84. The summed E-state index contributed by atoms with van der Waals surface area (Å²) in [6.45, 7) is 0. The zero-order valence-electron chi connectivity index (χ0n) is 11.1. The molecular weight excluding hydrogens is 309 g/mol. The quantitative estimate of drug-likeness (QED) is 0.689. The Morgan fingerprint density at radius 1 is 1.09 bits per heavy atom. The topological polar surface area (TPSA) is 74.1 Å². The van der Waals surface area contributed by atoms with E-state index in [1.807, 2.05) is 0 Å². The number of aromatic nitrogens is 3. The van der Waals surface area contributed by atoms with Gasteiger partial charge in [0.15, 0.2) is 0 Å². The third-order valence-electron chi connectivity index (χ3n) is 2.81. The van der Waals surface area contributed by atoms with Crippen molar-refractivity contribution in [2.45, 2.75) is 4.90 Å². The van der Waals surface area contributed by atoms with E-state index in [1.165, 1.54) is 41.6 Å². The van der Waals surface area contributed by atoms with Gasteiger partial charge < -0.3 is 4.18 Å². The Morgan fingerprint density at radius 2 is 1.91 bits per heavy atom. The van der Waals surface area contributed by atoms with E-state index in [-0.39, 0.29) is 5.75 Å². The number of benzene rings is 2. The van der Waals surface area contributed by atoms with Crippen LogP contribution in [0.1, 0.15) is 0 Å². The third-order valence-corrected chi connectivity index (χ3v) is 4.09. The SMILES string of the molecule is O=S(=O)(Oc1cccc(-n2cncn2)c1)c1ccccc1F. The maximum absolute atomic E-state index is 13.6. The van der Waals surface area contributed by atoms with E-state index in [4.69, 9.17) is 4.18 Å². The van der Waals surface area contributed by atoms with Gasteiger partial charge in [-0.25, -0.2) is 14.1 Å². The molecule has 3 rings (SSSR count). The number of hydrogen-bond acceptors (Lipinski definition) is 5. The van der Waals surface area contributed by atoms with Crippen LogP contribution >= 0.6 is 0 Å². The molecule has 8 heteroatoms. The summed E-state index contributed by atoms with van der Waals surface area (Å²) in [6, 6.07) is 11.3. The molecule has 0 aliphatic carbocycles. The molecule has 1 heterocycles. The van der Waals surface area contributed by atoms with Gasteiger partial charge in [-0.15, -0.1) is 0 Å². The van der Waals surface area contributed by atoms with Crippen molar-refractivity contribution in [3.8, 4) is 11.4 Å². The average molecular weight is 319 g/mol. The van der Waals surface area contributed by atoms with Gasteiger partial charge in [0.2, 0.25) is 0 Å². The van der Waals surface area contributed by atoms with Crippen LogP contribution in [-0.4, -0.2) is 23.2 Å². The van der Waals surface area contributed by atoms with Crippen molar-refractivity contribution in [3.05, 3.63) is 67.0 Å². The van der Waals surface area contributed by atoms with Crippen molar-refractivity contribution in [3.63, 3.8) is 0 Å². The smallest absolute Gasteiger partial charge is 0.342 e. The molecule has 0 bridgehead atoms. The Kier molecular flexibility index (Phi) is 3.60. The van der Waals surface area contributed by atoms with Gasteiger partial charge in [-0.1, -0.05) is 18.2 Å². The summed E-state index contributed by atoms with van der Waals surface area (Å²) in [7, 11) is -4.25. The molecule has 0 aliphatic heterocycles. The Morgan fingerprint density at radius 3 is 2.64 bits per heavy atom. The van der Waals surface area contributed by atoms with Crippen molar-refractivity contribution in [2.75, 3.05) is 0 Å². The first-order valence-electron chi connectivity index (χ1n) is 6.20. The normalized spacial score (nSPS) is 11.3. The molecule has 2 aromatic carbocycles. The fourth-order valence-corrected chi connectivity index (χ4v) is 2.84. The van der Waals surface area contributed by atoms with Gasteiger partial charge in [-0.05, 0) is 24.3 Å². The lowest BCUT2D eigenvalue weighted by molar-refractivity contribution is 0.476. The highest BCUT2D eigenvalue weighted by atomic mass is 32.2. The molecule has 1 aromatic heterocycles. The second-order valence-electron chi connectivity index (χ2n) is 4.31. The van der Waals surface area contributed by atoms with Crippen LogP contribution in [0.15, 0.2) is 66.1 Å². The highest BCUT2D eigenvalue weighted by molar-refractivity contribution is 7.87. The number of nitrogens with zero attached hydrogens (tertiary/aromatic N) is 3. The van der Waals surface area contributed by atoms with Gasteiger partial charge in [0.05, 0.1) is 5.69 Å². The monoisotopic (exact) mass is 319 g/mol. The molecule has 3 aromatic rings. The van der Waals surface area contributed by atoms with E-state index in [1.54, 1.807) is 12.1 Å². The highest BCUT2D eigenvalue weighted by Gasteiger charge is 2.21. The van der Waals surface area contributed by atoms with Crippen molar-refractivity contribution >= 4 is 10.1 Å². The fraction of sp³-hybridized carbons (Fsp3) is 0. The van der Waals surface area contributed by atoms with Gasteiger partial charge in [0, 0.05) is 6.07 Å².